The number of piperidine rings is 1. The fourth-order valence-corrected chi connectivity index (χ4v) is 6.42. The van der Waals surface area contributed by atoms with Crippen molar-refractivity contribution in [1.82, 2.24) is 19.8 Å². The summed E-state index contributed by atoms with van der Waals surface area (Å²) in [4.78, 5) is 40.8. The van der Waals surface area contributed by atoms with Crippen molar-refractivity contribution in [2.24, 2.45) is 0 Å². The molecule has 4 aromatic rings. The molecule has 3 unspecified atom stereocenters. The van der Waals surface area contributed by atoms with Crippen molar-refractivity contribution in [3.63, 3.8) is 0 Å². The second kappa shape index (κ2) is 14.4. The standard InChI is InChI=1S/C35H40N4O7/c40-22-24-7-9-25(10-8-24)31-19-28(21-38-17-15-27(16-18-38)39-30-4-2-1-3-29(30)37-35(39)44)45-34(46-31)26-11-5-23(6-12-26)20-36-32(41)13-14-33(42)43/h1-12,27-28,31,34,40H,13-22H2,(H,36,41)(H,37,44)(H,42,43). The van der Waals surface area contributed by atoms with Crippen molar-refractivity contribution in [3.8, 4) is 0 Å². The van der Waals surface area contributed by atoms with Crippen LogP contribution in [0.3, 0.4) is 0 Å². The van der Waals surface area contributed by atoms with Crippen LogP contribution in [-0.2, 0) is 32.2 Å². The highest BCUT2D eigenvalue weighted by atomic mass is 16.7. The second-order valence-electron chi connectivity index (χ2n) is 12.1. The quantitative estimate of drug-likeness (QED) is 0.194. The minimum atomic E-state index is -1.00. The molecule has 11 heteroatoms. The van der Waals surface area contributed by atoms with Gasteiger partial charge in [-0.2, -0.15) is 0 Å². The summed E-state index contributed by atoms with van der Waals surface area (Å²) in [7, 11) is 0. The number of rotatable bonds is 11. The number of benzene rings is 3. The Morgan fingerprint density at radius 2 is 1.59 bits per heavy atom. The minimum Gasteiger partial charge on any atom is -0.481 e. The lowest BCUT2D eigenvalue weighted by Crippen LogP contribution is -2.43. The Bertz CT molecular complexity index is 1690. The fourth-order valence-electron chi connectivity index (χ4n) is 6.42. The molecule has 0 spiro atoms. The van der Waals surface area contributed by atoms with E-state index in [1.165, 1.54) is 0 Å². The van der Waals surface area contributed by atoms with E-state index in [9.17, 15) is 19.5 Å². The molecule has 4 N–H and O–H groups in total. The average molecular weight is 629 g/mol. The van der Waals surface area contributed by atoms with Crippen LogP contribution in [0, 0.1) is 0 Å². The van der Waals surface area contributed by atoms with E-state index in [0.29, 0.717) is 13.0 Å². The molecule has 2 aliphatic heterocycles. The number of carboxylic acid groups (broad SMARTS) is 1. The lowest BCUT2D eigenvalue weighted by Gasteiger charge is -2.40. The molecular formula is C35H40N4O7. The first-order chi connectivity index (χ1) is 22.4. The summed E-state index contributed by atoms with van der Waals surface area (Å²) in [6, 6.07) is 23.5. The number of aliphatic carboxylic acids is 1. The number of aromatic amines is 1. The number of amides is 1. The number of H-pyrrole nitrogens is 1. The molecule has 0 aliphatic carbocycles. The first kappa shape index (κ1) is 31.7. The summed E-state index contributed by atoms with van der Waals surface area (Å²) < 4.78 is 15.0. The van der Waals surface area contributed by atoms with E-state index in [1.807, 2.05) is 77.4 Å². The van der Waals surface area contributed by atoms with Gasteiger partial charge in [-0.05, 0) is 41.7 Å². The van der Waals surface area contributed by atoms with Crippen molar-refractivity contribution in [2.75, 3.05) is 19.6 Å². The molecule has 0 bridgehead atoms. The van der Waals surface area contributed by atoms with Gasteiger partial charge in [0.1, 0.15) is 0 Å². The molecule has 2 saturated heterocycles. The number of carbonyl (C=O) groups is 2. The molecule has 3 heterocycles. The van der Waals surface area contributed by atoms with E-state index in [-0.39, 0.29) is 49.3 Å². The number of nitrogens with zero attached hydrogens (tertiary/aromatic N) is 2. The van der Waals surface area contributed by atoms with Gasteiger partial charge < -0.3 is 34.9 Å². The van der Waals surface area contributed by atoms with E-state index in [0.717, 1.165) is 65.8 Å². The molecule has 2 fully saturated rings. The number of likely N-dealkylation sites (tertiary alicyclic amines) is 1. The van der Waals surface area contributed by atoms with E-state index >= 15 is 0 Å². The zero-order valence-electron chi connectivity index (χ0n) is 25.6. The van der Waals surface area contributed by atoms with Crippen molar-refractivity contribution < 1.29 is 29.3 Å². The van der Waals surface area contributed by atoms with E-state index < -0.39 is 12.3 Å². The average Bonchev–Trinajstić information content (AvgIpc) is 3.42. The van der Waals surface area contributed by atoms with E-state index in [2.05, 4.69) is 15.2 Å². The van der Waals surface area contributed by atoms with Crippen molar-refractivity contribution >= 4 is 22.9 Å². The van der Waals surface area contributed by atoms with Gasteiger partial charge in [-0.25, -0.2) is 4.79 Å². The third kappa shape index (κ3) is 7.56. The lowest BCUT2D eigenvalue weighted by atomic mass is 9.98. The number of ether oxygens (including phenoxy) is 2. The van der Waals surface area contributed by atoms with Gasteiger partial charge in [0.25, 0.3) is 0 Å². The predicted molar refractivity (Wildman–Crippen MR) is 171 cm³/mol. The Morgan fingerprint density at radius 1 is 0.891 bits per heavy atom. The highest BCUT2D eigenvalue weighted by Gasteiger charge is 2.34. The second-order valence-corrected chi connectivity index (χ2v) is 12.1. The minimum absolute atomic E-state index is 0.0207. The molecule has 3 atom stereocenters. The summed E-state index contributed by atoms with van der Waals surface area (Å²) in [6.07, 6.45) is 1.27. The Labute approximate surface area is 266 Å². The van der Waals surface area contributed by atoms with Gasteiger partial charge in [0.05, 0.1) is 36.3 Å². The van der Waals surface area contributed by atoms with Crippen LogP contribution in [0.25, 0.3) is 11.0 Å². The van der Waals surface area contributed by atoms with Gasteiger partial charge in [0.15, 0.2) is 6.29 Å². The Morgan fingerprint density at radius 3 is 2.30 bits per heavy atom. The molecule has 242 valence electrons. The summed E-state index contributed by atoms with van der Waals surface area (Å²) in [5.74, 6) is -1.31. The molecule has 3 aromatic carbocycles. The van der Waals surface area contributed by atoms with Gasteiger partial charge in [-0.3, -0.25) is 14.2 Å². The number of imidazole rings is 1. The van der Waals surface area contributed by atoms with Gasteiger partial charge in [-0.15, -0.1) is 0 Å². The maximum absolute atomic E-state index is 12.8. The third-order valence-electron chi connectivity index (χ3n) is 8.93. The monoisotopic (exact) mass is 628 g/mol. The van der Waals surface area contributed by atoms with Gasteiger partial charge in [0.2, 0.25) is 5.91 Å². The molecule has 1 aromatic heterocycles. The number of carbonyl (C=O) groups excluding carboxylic acids is 1. The van der Waals surface area contributed by atoms with Crippen LogP contribution < -0.4 is 11.0 Å². The summed E-state index contributed by atoms with van der Waals surface area (Å²) in [6.45, 7) is 2.72. The molecule has 6 rings (SSSR count). The summed E-state index contributed by atoms with van der Waals surface area (Å²) >= 11 is 0. The number of nitrogens with one attached hydrogen (secondary N) is 2. The number of para-hydroxylation sites is 2. The number of hydrogen-bond donors (Lipinski definition) is 4. The maximum atomic E-state index is 12.8. The molecule has 0 radical (unpaired) electrons. The number of aliphatic hydroxyl groups is 1. The smallest absolute Gasteiger partial charge is 0.326 e. The fraction of sp³-hybridized carbons (Fsp3) is 0.400. The number of fused-ring (bicyclic) bond motifs is 1. The SMILES string of the molecule is O=C(O)CCC(=O)NCc1ccc(C2OC(CN3CCC(n4c(=O)[nH]c5ccccc54)CC3)CC(c3ccc(CO)cc3)O2)cc1. The van der Waals surface area contributed by atoms with Gasteiger partial charge >= 0.3 is 11.7 Å². The number of hydrogen-bond acceptors (Lipinski definition) is 7. The lowest BCUT2D eigenvalue weighted by molar-refractivity contribution is -0.253. The molecule has 2 aliphatic rings. The van der Waals surface area contributed by atoms with Crippen molar-refractivity contribution in [1.29, 1.82) is 0 Å². The number of aliphatic hydroxyl groups excluding tert-OH is 1. The largest absolute Gasteiger partial charge is 0.481 e. The highest BCUT2D eigenvalue weighted by Crippen LogP contribution is 2.38. The Kier molecular flexibility index (Phi) is 9.94. The van der Waals surface area contributed by atoms with Crippen LogP contribution >= 0.6 is 0 Å². The molecule has 0 saturated carbocycles. The predicted octanol–water partition coefficient (Wildman–Crippen LogP) is 4.19. The molecule has 1 amide bonds. The van der Waals surface area contributed by atoms with Gasteiger partial charge in [0, 0.05) is 50.6 Å². The Hall–Kier alpha value is -4.29. The van der Waals surface area contributed by atoms with Crippen LogP contribution in [0.5, 0.6) is 0 Å². The highest BCUT2D eigenvalue weighted by molar-refractivity contribution is 5.80. The van der Waals surface area contributed by atoms with Crippen molar-refractivity contribution in [3.05, 3.63) is 106 Å². The zero-order valence-corrected chi connectivity index (χ0v) is 25.6. The first-order valence-corrected chi connectivity index (χ1v) is 15.9. The van der Waals surface area contributed by atoms with Crippen molar-refractivity contribution in [2.45, 2.75) is 69.8 Å². The maximum Gasteiger partial charge on any atom is 0.326 e. The topological polar surface area (TPSA) is 146 Å². The summed E-state index contributed by atoms with van der Waals surface area (Å²) in [5.41, 5.74) is 5.36. The normalized spacial score (nSPS) is 20.9. The molecule has 46 heavy (non-hydrogen) atoms. The van der Waals surface area contributed by atoms with Gasteiger partial charge in [-0.1, -0.05) is 60.7 Å². The molecule has 11 nitrogen and oxygen atoms in total. The van der Waals surface area contributed by atoms with Crippen LogP contribution in [0.15, 0.2) is 77.6 Å². The van der Waals surface area contributed by atoms with Crippen LogP contribution in [0.2, 0.25) is 0 Å². The Balaban J connectivity index is 1.11. The first-order valence-electron chi connectivity index (χ1n) is 15.9. The zero-order chi connectivity index (χ0) is 32.0. The van der Waals surface area contributed by atoms with E-state index in [4.69, 9.17) is 14.6 Å². The third-order valence-corrected chi connectivity index (χ3v) is 8.93. The summed E-state index contributed by atoms with van der Waals surface area (Å²) in [5, 5.41) is 21.1. The van der Waals surface area contributed by atoms with Crippen LogP contribution in [-0.4, -0.2) is 62.3 Å². The molecular weight excluding hydrogens is 588 g/mol. The number of aromatic nitrogens is 2. The number of carboxylic acids is 1. The van der Waals surface area contributed by atoms with Crippen LogP contribution in [0.1, 0.15) is 72.8 Å². The van der Waals surface area contributed by atoms with E-state index in [1.54, 1.807) is 0 Å². The van der Waals surface area contributed by atoms with Crippen LogP contribution in [0.4, 0.5) is 0 Å².